The predicted molar refractivity (Wildman–Crippen MR) is 428 cm³/mol. The molecule has 108 heavy (non-hydrogen) atoms. The Bertz CT molecular complexity index is 5290. The number of allylic oxidation sites excluding steroid dienone is 8. The third-order valence-corrected chi connectivity index (χ3v) is 25.1. The minimum absolute atomic E-state index is 0. The summed E-state index contributed by atoms with van der Waals surface area (Å²) in [4.78, 5) is 83.5. The first-order valence-corrected chi connectivity index (χ1v) is 36.1. The van der Waals surface area contributed by atoms with E-state index in [4.69, 9.17) is 47.1 Å². The van der Waals surface area contributed by atoms with Crippen molar-refractivity contribution in [3.8, 4) is 11.1 Å². The highest BCUT2D eigenvalue weighted by molar-refractivity contribution is 9.11. The monoisotopic (exact) mass is 1590 g/mol. The van der Waals surface area contributed by atoms with Gasteiger partial charge in [0, 0.05) is 92.3 Å². The number of ketones is 4. The van der Waals surface area contributed by atoms with Crippen LogP contribution in [0.3, 0.4) is 0 Å². The zero-order valence-electron chi connectivity index (χ0n) is 67.9. The number of aryl methyl sites for hydroxylation is 4. The van der Waals surface area contributed by atoms with Gasteiger partial charge in [-0.25, -0.2) is 62.9 Å². The second-order valence-electron chi connectivity index (χ2n) is 31.2. The Morgan fingerprint density at radius 3 is 1.05 bits per heavy atom. The van der Waals surface area contributed by atoms with E-state index in [2.05, 4.69) is 121 Å². The number of hydrogen-bond donors (Lipinski definition) is 2. The van der Waals surface area contributed by atoms with Crippen molar-refractivity contribution >= 4 is 77.6 Å². The number of carbonyl (C=O) groups excluding carboxylic acids is 4. The Hall–Kier alpha value is -9.82. The lowest BCUT2D eigenvalue weighted by atomic mass is 9.53. The summed E-state index contributed by atoms with van der Waals surface area (Å²) in [7, 11) is 6.43. The lowest BCUT2D eigenvalue weighted by Crippen LogP contribution is -2.51. The van der Waals surface area contributed by atoms with Gasteiger partial charge in [0.1, 0.15) is 0 Å². The molecule has 1 aromatic carbocycles. The van der Waals surface area contributed by atoms with E-state index >= 15 is 0 Å². The highest BCUT2D eigenvalue weighted by Crippen LogP contribution is 2.59. The van der Waals surface area contributed by atoms with E-state index in [9.17, 15) is 19.2 Å². The molecule has 8 aliphatic carbocycles. The first-order valence-electron chi connectivity index (χ1n) is 38.5. The number of hydroxylamine groups is 1. The van der Waals surface area contributed by atoms with E-state index in [0.717, 1.165) is 139 Å². The number of hydrogen-bond acceptors (Lipinski definition) is 14. The molecular weight excluding hydrogens is 1490 g/mol. The Morgan fingerprint density at radius 2 is 0.722 bits per heavy atom. The molecule has 8 atom stereocenters. The largest absolute Gasteiger partial charge is 0.317 e. The lowest BCUT2D eigenvalue weighted by molar-refractivity contribution is -0.129. The second kappa shape index (κ2) is 30.0. The van der Waals surface area contributed by atoms with Crippen LogP contribution in [0.2, 0.25) is 0 Å². The highest BCUT2D eigenvalue weighted by atomic mass is 79.9. The third kappa shape index (κ3) is 12.6. The molecule has 0 unspecified atom stereocenters. The average molecular weight is 1590 g/mol. The average Bonchev–Trinajstić information content (AvgIpc) is 1.16. The Kier molecular flexibility index (Phi) is 21.6. The number of nitrogens with zero attached hydrogens (tertiary/aromatic N) is 16. The molecule has 2 N–H and O–H groups in total. The SMILES string of the molecule is C.CNO.[3H]C.[3H]C.[3H]C.[3H]C.[C-]#[N+]C1=C[C@]2(C)c3c(cnc4c(-c5ccccc5)cnn34)CC[C@H]2C(C)(C)C1=O.[C-]#[N+]C1=C[C@]2(C)c3c(cnc4c(Br)cnn34)CC[C@H]2C(C)(C)C1=O.[C-]#[N+]C1=C[C@]2(C)c3c(cnc4c(Br)cnn34)CC[C@H]2C(C)(C)C1=O.[C-]#[N+]C1=C[C@]2(C)c3c(cnc4ccnn34)CC[C@H]2C(C)(C)C1=O. The van der Waals surface area contributed by atoms with Crippen LogP contribution < -0.4 is 5.48 Å². The van der Waals surface area contributed by atoms with E-state index in [0.29, 0.717) is 0 Å². The standard InChI is InChI=1S/C24H22N4O.2C18H17BrN4O.C18H18N4O.CH5NO.5CH4/c1-23(2)19-11-10-16-13-26-22-17(15-8-6-5-7-9-15)14-27-28(22)20(16)24(19,3)12-18(25-4)21(23)29;2*1-17(2)13-6-5-10-8-21-16-11(19)9-22-23(16)14(10)18(13,3)7-12(20-4)15(17)24;1-17(2)13-6-5-11-10-20-14-7-8-21-22(14)15(11)18(13,3)9-12(19-4)16(17)23;1-2-3;;;;;/h5-9,12-14,19H,10-11H2,1-3H3;2*7-9,13H,5-6H2,1-3H3;7-10,13H,5-6H2,1-3H3;2-3H,1H3;5*1H4/t19-,24-;3*13-,18-;;;;;;/m0000....../s1/i;;;;;4*1T;. The third-order valence-electron chi connectivity index (χ3n) is 24.0. The molecule has 0 bridgehead atoms. The van der Waals surface area contributed by atoms with Crippen molar-refractivity contribution in [3.05, 3.63) is 233 Å². The van der Waals surface area contributed by atoms with Crippen molar-refractivity contribution in [3.63, 3.8) is 0 Å². The van der Waals surface area contributed by atoms with E-state index in [-0.39, 0.29) is 77.0 Å². The van der Waals surface area contributed by atoms with Crippen LogP contribution in [-0.2, 0) is 66.5 Å². The quantitative estimate of drug-likeness (QED) is 0.115. The van der Waals surface area contributed by atoms with Gasteiger partial charge >= 0.3 is 0 Å². The molecule has 8 aromatic heterocycles. The van der Waals surface area contributed by atoms with Crippen molar-refractivity contribution in [1.82, 2.24) is 63.9 Å². The van der Waals surface area contributed by atoms with Crippen molar-refractivity contribution < 1.29 is 29.9 Å². The molecular formula is C84H99Br2N17O5. The highest BCUT2D eigenvalue weighted by Gasteiger charge is 2.59. The molecule has 0 saturated carbocycles. The van der Waals surface area contributed by atoms with Crippen LogP contribution in [0.25, 0.3) is 53.1 Å². The molecule has 0 spiro atoms. The molecule has 0 amide bonds. The Morgan fingerprint density at radius 1 is 0.435 bits per heavy atom. The van der Waals surface area contributed by atoms with Gasteiger partial charge < -0.3 is 24.4 Å². The van der Waals surface area contributed by atoms with Crippen LogP contribution in [0.5, 0.6) is 0 Å². The summed E-state index contributed by atoms with van der Waals surface area (Å²) in [5.41, 5.74) is 12.8. The maximum absolute atomic E-state index is 12.9. The number of Topliss-reactive ketones (excluding diaryl/α,β-unsaturated/α-hetero) is 4. The van der Waals surface area contributed by atoms with Crippen molar-refractivity contribution in [2.45, 2.75) is 193 Å². The van der Waals surface area contributed by atoms with Gasteiger partial charge in [-0.1, -0.05) is 175 Å². The number of fused-ring (bicyclic) bond motifs is 20. The van der Waals surface area contributed by atoms with Gasteiger partial charge in [-0.15, -0.1) is 0 Å². The number of aromatic nitrogens is 12. The summed E-state index contributed by atoms with van der Waals surface area (Å²) in [5.74, 6) is 0.336. The maximum atomic E-state index is 12.9. The van der Waals surface area contributed by atoms with Crippen LogP contribution in [0.1, 0.15) is 196 Å². The summed E-state index contributed by atoms with van der Waals surface area (Å²) in [6.45, 7) is 54.2. The summed E-state index contributed by atoms with van der Waals surface area (Å²) in [5, 5.41) is 25.5. The second-order valence-corrected chi connectivity index (χ2v) is 32.9. The Balaban J connectivity index is 0.000000180. The maximum Gasteiger partial charge on any atom is 0.226 e. The van der Waals surface area contributed by atoms with Gasteiger partial charge in [-0.3, -0.25) is 0 Å². The minimum Gasteiger partial charge on any atom is -0.317 e. The molecule has 8 heterocycles. The fourth-order valence-electron chi connectivity index (χ4n) is 19.5. The number of carbonyl (C=O) groups is 4. The molecule has 0 saturated heterocycles. The summed E-state index contributed by atoms with van der Waals surface area (Å²) in [6.07, 6.45) is 29.4. The zero-order valence-corrected chi connectivity index (χ0v) is 67.0. The first kappa shape index (κ1) is 77.8. The molecule has 8 aliphatic rings. The summed E-state index contributed by atoms with van der Waals surface area (Å²) in [6, 6.07) is 12.0. The number of rotatable bonds is 1. The fraction of sp³-hybridized carbons (Fsp3) is 0.452. The van der Waals surface area contributed by atoms with Crippen molar-refractivity contribution in [2.75, 3.05) is 7.05 Å². The smallest absolute Gasteiger partial charge is 0.226 e. The van der Waals surface area contributed by atoms with Crippen LogP contribution in [0.4, 0.5) is 0 Å². The van der Waals surface area contributed by atoms with Crippen LogP contribution in [0, 0.1) is 71.6 Å². The molecule has 9 aromatic rings. The van der Waals surface area contributed by atoms with Gasteiger partial charge in [0.15, 0.2) is 45.7 Å². The van der Waals surface area contributed by atoms with Crippen LogP contribution in [-0.4, -0.2) is 93.8 Å². The van der Waals surface area contributed by atoms with Crippen molar-refractivity contribution in [1.29, 1.82) is 0 Å². The summed E-state index contributed by atoms with van der Waals surface area (Å²) < 4.78 is 32.2. The normalized spacial score (nSPS) is 25.7. The fourth-order valence-corrected chi connectivity index (χ4v) is 20.2. The van der Waals surface area contributed by atoms with Crippen LogP contribution >= 0.6 is 31.9 Å². The molecule has 17 rings (SSSR count). The molecule has 564 valence electrons. The van der Waals surface area contributed by atoms with E-state index < -0.39 is 43.3 Å². The minimum atomic E-state index is -0.591. The van der Waals surface area contributed by atoms with Gasteiger partial charge in [0.25, 0.3) is 0 Å². The number of halogens is 2. The molecule has 0 aliphatic heterocycles. The predicted octanol–water partition coefficient (Wildman–Crippen LogP) is 17.8. The molecule has 0 fully saturated rings. The molecule has 24 heteroatoms. The molecule has 0 radical (unpaired) electrons. The van der Waals surface area contributed by atoms with Gasteiger partial charge in [0.05, 0.1) is 82.8 Å². The van der Waals surface area contributed by atoms with E-state index in [1.165, 1.54) is 36.7 Å². The van der Waals surface area contributed by atoms with Gasteiger partial charge in [-0.05, 0) is 135 Å². The van der Waals surface area contributed by atoms with Crippen molar-refractivity contribution in [2.24, 2.45) is 45.3 Å². The molecule has 22 nitrogen and oxygen atoms in total. The first-order chi connectivity index (χ1) is 52.8. The van der Waals surface area contributed by atoms with Gasteiger partial charge in [-0.2, -0.15) is 20.4 Å². The van der Waals surface area contributed by atoms with Gasteiger partial charge in [0.2, 0.25) is 22.8 Å². The topological polar surface area (TPSA) is 239 Å². The number of benzene rings is 1. The summed E-state index contributed by atoms with van der Waals surface area (Å²) >= 11 is 6.99. The van der Waals surface area contributed by atoms with E-state index in [1.807, 2.05) is 153 Å². The Labute approximate surface area is 656 Å². The van der Waals surface area contributed by atoms with E-state index in [1.54, 1.807) is 24.1 Å². The lowest BCUT2D eigenvalue weighted by Gasteiger charge is -2.50. The number of nitrogens with one attached hydrogen (secondary N) is 1. The zero-order chi connectivity index (χ0) is 82.1. The van der Waals surface area contributed by atoms with Crippen LogP contribution in [0.15, 0.2) is 142 Å².